The molecule has 2 aromatic rings. The van der Waals surface area contributed by atoms with E-state index in [4.69, 9.17) is 21.1 Å². The standard InChI is InChI=1S/C19H21ClO6/c20-13-6-7-14(12(9-13)8-11-4-2-1-3-5-11)25-19-18(24)17(23)16(22)15(10-21)26-19/h1-7,9,15-19,21-24H,8,10H2/t15-,16-,17+,18-,19-/m1/s1. The highest BCUT2D eigenvalue weighted by molar-refractivity contribution is 6.30. The third-order valence-corrected chi connectivity index (χ3v) is 4.59. The second-order valence-corrected chi connectivity index (χ2v) is 6.67. The quantitative estimate of drug-likeness (QED) is 0.620. The molecule has 4 N–H and O–H groups in total. The number of aliphatic hydroxyl groups is 4. The van der Waals surface area contributed by atoms with Crippen LogP contribution in [0.2, 0.25) is 5.02 Å². The van der Waals surface area contributed by atoms with E-state index in [1.807, 2.05) is 30.3 Å². The molecule has 0 radical (unpaired) electrons. The van der Waals surface area contributed by atoms with E-state index in [-0.39, 0.29) is 0 Å². The van der Waals surface area contributed by atoms with Crippen LogP contribution < -0.4 is 4.74 Å². The van der Waals surface area contributed by atoms with Crippen molar-refractivity contribution >= 4 is 11.6 Å². The molecule has 1 aliphatic heterocycles. The third kappa shape index (κ3) is 4.17. The van der Waals surface area contributed by atoms with Gasteiger partial charge in [-0.3, -0.25) is 0 Å². The summed E-state index contributed by atoms with van der Waals surface area (Å²) in [6.07, 6.45) is -6.09. The van der Waals surface area contributed by atoms with Crippen molar-refractivity contribution < 1.29 is 29.9 Å². The van der Waals surface area contributed by atoms with Gasteiger partial charge in [-0.2, -0.15) is 0 Å². The Kier molecular flexibility index (Phi) is 6.13. The first-order valence-electron chi connectivity index (χ1n) is 8.29. The van der Waals surface area contributed by atoms with Crippen LogP contribution in [0.15, 0.2) is 48.5 Å². The largest absolute Gasteiger partial charge is 0.462 e. The molecule has 26 heavy (non-hydrogen) atoms. The molecule has 140 valence electrons. The van der Waals surface area contributed by atoms with Gasteiger partial charge in [0.15, 0.2) is 0 Å². The monoisotopic (exact) mass is 380 g/mol. The highest BCUT2D eigenvalue weighted by atomic mass is 35.5. The van der Waals surface area contributed by atoms with Gasteiger partial charge in [0.2, 0.25) is 6.29 Å². The Labute approximate surface area is 156 Å². The third-order valence-electron chi connectivity index (χ3n) is 4.35. The van der Waals surface area contributed by atoms with Crippen LogP contribution in [0.5, 0.6) is 5.75 Å². The molecular formula is C19H21ClO6. The van der Waals surface area contributed by atoms with Gasteiger partial charge in [-0.25, -0.2) is 0 Å². The minimum absolute atomic E-state index is 0.433. The normalized spacial score (nSPS) is 28.7. The molecule has 0 unspecified atom stereocenters. The molecule has 6 nitrogen and oxygen atoms in total. The summed E-state index contributed by atoms with van der Waals surface area (Å²) in [4.78, 5) is 0. The van der Waals surface area contributed by atoms with Crippen LogP contribution in [0.1, 0.15) is 11.1 Å². The summed E-state index contributed by atoms with van der Waals surface area (Å²) in [5.41, 5.74) is 1.83. The minimum atomic E-state index is -1.49. The molecule has 7 heteroatoms. The van der Waals surface area contributed by atoms with E-state index in [9.17, 15) is 20.4 Å². The maximum atomic E-state index is 10.2. The lowest BCUT2D eigenvalue weighted by Gasteiger charge is -2.39. The molecule has 1 heterocycles. The second kappa shape index (κ2) is 8.35. The Balaban J connectivity index is 1.83. The lowest BCUT2D eigenvalue weighted by Crippen LogP contribution is -2.60. The molecule has 1 fully saturated rings. The summed E-state index contributed by atoms with van der Waals surface area (Å²) >= 11 is 6.10. The highest BCUT2D eigenvalue weighted by Crippen LogP contribution is 2.29. The summed E-state index contributed by atoms with van der Waals surface area (Å²) in [5, 5.41) is 39.7. The van der Waals surface area contributed by atoms with Crippen LogP contribution >= 0.6 is 11.6 Å². The zero-order chi connectivity index (χ0) is 18.7. The Morgan fingerprint density at radius 2 is 1.69 bits per heavy atom. The number of rotatable bonds is 5. The van der Waals surface area contributed by atoms with Crippen LogP contribution in [0.25, 0.3) is 0 Å². The van der Waals surface area contributed by atoms with Crippen molar-refractivity contribution in [2.75, 3.05) is 6.61 Å². The molecule has 0 spiro atoms. The van der Waals surface area contributed by atoms with Gasteiger partial charge in [-0.15, -0.1) is 0 Å². The lowest BCUT2D eigenvalue weighted by molar-refractivity contribution is -0.277. The van der Waals surface area contributed by atoms with Gasteiger partial charge in [0.05, 0.1) is 6.61 Å². The first-order chi connectivity index (χ1) is 12.5. The molecule has 1 aliphatic rings. The maximum Gasteiger partial charge on any atom is 0.229 e. The summed E-state index contributed by atoms with van der Waals surface area (Å²) < 4.78 is 11.2. The van der Waals surface area contributed by atoms with Crippen molar-refractivity contribution in [3.63, 3.8) is 0 Å². The fraction of sp³-hybridized carbons (Fsp3) is 0.368. The van der Waals surface area contributed by atoms with Crippen molar-refractivity contribution in [1.29, 1.82) is 0 Å². The number of ether oxygens (including phenoxy) is 2. The van der Waals surface area contributed by atoms with Gasteiger partial charge in [-0.1, -0.05) is 41.9 Å². The van der Waals surface area contributed by atoms with Gasteiger partial charge >= 0.3 is 0 Å². The van der Waals surface area contributed by atoms with Crippen molar-refractivity contribution in [2.24, 2.45) is 0 Å². The van der Waals surface area contributed by atoms with Crippen molar-refractivity contribution in [1.82, 2.24) is 0 Å². The smallest absolute Gasteiger partial charge is 0.229 e. The molecule has 5 atom stereocenters. The molecule has 0 aromatic heterocycles. The lowest BCUT2D eigenvalue weighted by atomic mass is 9.99. The number of benzene rings is 2. The minimum Gasteiger partial charge on any atom is -0.462 e. The van der Waals surface area contributed by atoms with Crippen LogP contribution in [-0.4, -0.2) is 57.7 Å². The van der Waals surface area contributed by atoms with E-state index in [1.54, 1.807) is 18.2 Å². The van der Waals surface area contributed by atoms with Gasteiger partial charge in [0.25, 0.3) is 0 Å². The first-order valence-corrected chi connectivity index (χ1v) is 8.67. The zero-order valence-corrected chi connectivity index (χ0v) is 14.7. The molecule has 0 saturated carbocycles. The molecule has 0 bridgehead atoms. The summed E-state index contributed by atoms with van der Waals surface area (Å²) in [6.45, 7) is -0.512. The first kappa shape index (κ1) is 19.1. The topological polar surface area (TPSA) is 99.4 Å². The van der Waals surface area contributed by atoms with E-state index < -0.39 is 37.3 Å². The average Bonchev–Trinajstić information content (AvgIpc) is 2.65. The van der Waals surface area contributed by atoms with E-state index >= 15 is 0 Å². The van der Waals surface area contributed by atoms with Crippen LogP contribution in [0.4, 0.5) is 0 Å². The molecule has 3 rings (SSSR count). The van der Waals surface area contributed by atoms with Crippen molar-refractivity contribution in [3.05, 3.63) is 64.7 Å². The predicted octanol–water partition coefficient (Wildman–Crippen LogP) is 1.11. The molecule has 0 amide bonds. The van der Waals surface area contributed by atoms with E-state index in [0.29, 0.717) is 17.2 Å². The van der Waals surface area contributed by atoms with Gasteiger partial charge in [0.1, 0.15) is 30.2 Å². The molecular weight excluding hydrogens is 360 g/mol. The average molecular weight is 381 g/mol. The van der Waals surface area contributed by atoms with Crippen LogP contribution in [-0.2, 0) is 11.2 Å². The zero-order valence-electron chi connectivity index (χ0n) is 13.9. The SMILES string of the molecule is OC[C@H]1O[C@@H](Oc2ccc(Cl)cc2Cc2ccccc2)[C@H](O)[C@@H](O)[C@@H]1O. The summed E-state index contributed by atoms with van der Waals surface area (Å²) in [5.74, 6) is 0.433. The number of halogens is 1. The summed E-state index contributed by atoms with van der Waals surface area (Å²) in [6, 6.07) is 14.8. The Hall–Kier alpha value is -1.67. The number of aliphatic hydroxyl groups excluding tert-OH is 4. The van der Waals surface area contributed by atoms with E-state index in [2.05, 4.69) is 0 Å². The highest BCUT2D eigenvalue weighted by Gasteiger charge is 2.44. The fourth-order valence-electron chi connectivity index (χ4n) is 2.91. The van der Waals surface area contributed by atoms with Crippen molar-refractivity contribution in [2.45, 2.75) is 37.1 Å². The van der Waals surface area contributed by atoms with Crippen molar-refractivity contribution in [3.8, 4) is 5.75 Å². The predicted molar refractivity (Wildman–Crippen MR) is 95.1 cm³/mol. The number of hydrogen-bond donors (Lipinski definition) is 4. The fourth-order valence-corrected chi connectivity index (χ4v) is 3.10. The van der Waals surface area contributed by atoms with E-state index in [0.717, 1.165) is 11.1 Å². The van der Waals surface area contributed by atoms with Crippen LogP contribution in [0, 0.1) is 0 Å². The second-order valence-electron chi connectivity index (χ2n) is 6.23. The molecule has 1 saturated heterocycles. The van der Waals surface area contributed by atoms with Gasteiger partial charge < -0.3 is 29.9 Å². The maximum absolute atomic E-state index is 10.2. The van der Waals surface area contributed by atoms with Gasteiger partial charge in [0, 0.05) is 17.0 Å². The Morgan fingerprint density at radius 1 is 0.962 bits per heavy atom. The molecule has 0 aliphatic carbocycles. The Morgan fingerprint density at radius 3 is 2.38 bits per heavy atom. The Bertz CT molecular complexity index is 723. The van der Waals surface area contributed by atoms with Gasteiger partial charge in [-0.05, 0) is 23.8 Å². The van der Waals surface area contributed by atoms with E-state index in [1.165, 1.54) is 0 Å². The summed E-state index contributed by atoms with van der Waals surface area (Å²) in [7, 11) is 0. The van der Waals surface area contributed by atoms with Crippen LogP contribution in [0.3, 0.4) is 0 Å². The molecule has 2 aromatic carbocycles. The number of hydrogen-bond acceptors (Lipinski definition) is 6.